The van der Waals surface area contributed by atoms with Gasteiger partial charge in [-0.1, -0.05) is 0 Å². The standard InChI is InChI=1S/C14H14FN3O/c1-8-11-4-3-10(15)5-12(11)19-14(8)13(16)9-6-17-18(2)7-9/h3-7,13H,16H2,1-2H3. The van der Waals surface area contributed by atoms with Crippen molar-refractivity contribution >= 4 is 11.0 Å². The first-order chi connectivity index (χ1) is 9.06. The highest BCUT2D eigenvalue weighted by Crippen LogP contribution is 2.31. The van der Waals surface area contributed by atoms with E-state index >= 15 is 0 Å². The molecule has 2 aromatic heterocycles. The molecule has 3 rings (SSSR count). The maximum Gasteiger partial charge on any atom is 0.137 e. The molecule has 0 radical (unpaired) electrons. The SMILES string of the molecule is Cc1c(C(N)c2cnn(C)c2)oc2cc(F)ccc12. The first-order valence-electron chi connectivity index (χ1n) is 5.99. The summed E-state index contributed by atoms with van der Waals surface area (Å²) < 4.78 is 20.6. The molecule has 1 unspecified atom stereocenters. The number of furan rings is 1. The highest BCUT2D eigenvalue weighted by molar-refractivity contribution is 5.82. The Morgan fingerprint density at radius 1 is 1.42 bits per heavy atom. The molecule has 5 heteroatoms. The third-order valence-electron chi connectivity index (χ3n) is 3.30. The fraction of sp³-hybridized carbons (Fsp3) is 0.214. The topological polar surface area (TPSA) is 57.0 Å². The van der Waals surface area contributed by atoms with Crippen LogP contribution in [0.1, 0.15) is 22.9 Å². The fourth-order valence-electron chi connectivity index (χ4n) is 2.27. The number of fused-ring (bicyclic) bond motifs is 1. The van der Waals surface area contributed by atoms with Crippen molar-refractivity contribution < 1.29 is 8.81 Å². The minimum Gasteiger partial charge on any atom is -0.459 e. The van der Waals surface area contributed by atoms with Gasteiger partial charge >= 0.3 is 0 Å². The number of benzene rings is 1. The summed E-state index contributed by atoms with van der Waals surface area (Å²) in [5, 5.41) is 4.98. The van der Waals surface area contributed by atoms with E-state index < -0.39 is 6.04 Å². The fourth-order valence-corrected chi connectivity index (χ4v) is 2.27. The molecule has 4 nitrogen and oxygen atoms in total. The second-order valence-corrected chi connectivity index (χ2v) is 4.66. The molecule has 3 aromatic rings. The van der Waals surface area contributed by atoms with E-state index in [1.807, 2.05) is 20.2 Å². The largest absolute Gasteiger partial charge is 0.459 e. The van der Waals surface area contributed by atoms with Crippen LogP contribution in [0.5, 0.6) is 0 Å². The van der Waals surface area contributed by atoms with Crippen molar-refractivity contribution in [2.75, 3.05) is 0 Å². The van der Waals surface area contributed by atoms with Crippen LogP contribution in [0.25, 0.3) is 11.0 Å². The minimum absolute atomic E-state index is 0.317. The normalized spacial score (nSPS) is 13.1. The number of aromatic nitrogens is 2. The number of hydrogen-bond acceptors (Lipinski definition) is 3. The van der Waals surface area contributed by atoms with Crippen molar-refractivity contribution in [2.24, 2.45) is 12.8 Å². The summed E-state index contributed by atoms with van der Waals surface area (Å²) in [6.45, 7) is 1.93. The molecule has 2 N–H and O–H groups in total. The van der Waals surface area contributed by atoms with Crippen LogP contribution in [0.2, 0.25) is 0 Å². The van der Waals surface area contributed by atoms with Crippen molar-refractivity contribution in [1.29, 1.82) is 0 Å². The Hall–Kier alpha value is -2.14. The molecule has 1 atom stereocenters. The highest BCUT2D eigenvalue weighted by atomic mass is 19.1. The van der Waals surface area contributed by atoms with Crippen molar-refractivity contribution in [2.45, 2.75) is 13.0 Å². The molecule has 0 aliphatic heterocycles. The van der Waals surface area contributed by atoms with Crippen LogP contribution >= 0.6 is 0 Å². The number of hydrogen-bond donors (Lipinski definition) is 1. The number of halogens is 1. The van der Waals surface area contributed by atoms with Gasteiger partial charge in [0.1, 0.15) is 17.2 Å². The lowest BCUT2D eigenvalue weighted by Gasteiger charge is -2.06. The van der Waals surface area contributed by atoms with Crippen molar-refractivity contribution in [3.05, 3.63) is 53.3 Å². The zero-order valence-electron chi connectivity index (χ0n) is 10.7. The third kappa shape index (κ3) is 1.92. The summed E-state index contributed by atoms with van der Waals surface area (Å²) in [5.74, 6) is 0.330. The van der Waals surface area contributed by atoms with E-state index in [0.717, 1.165) is 16.5 Å². The van der Waals surface area contributed by atoms with Gasteiger partial charge in [0.25, 0.3) is 0 Å². The van der Waals surface area contributed by atoms with E-state index in [-0.39, 0.29) is 5.82 Å². The Labute approximate surface area is 109 Å². The molecule has 19 heavy (non-hydrogen) atoms. The first-order valence-corrected chi connectivity index (χ1v) is 5.99. The van der Waals surface area contributed by atoms with E-state index in [2.05, 4.69) is 5.10 Å². The second-order valence-electron chi connectivity index (χ2n) is 4.66. The van der Waals surface area contributed by atoms with Gasteiger partial charge < -0.3 is 10.2 Å². The third-order valence-corrected chi connectivity index (χ3v) is 3.30. The van der Waals surface area contributed by atoms with Gasteiger partial charge in [-0.05, 0) is 19.1 Å². The molecule has 0 bridgehead atoms. The molecule has 98 valence electrons. The van der Waals surface area contributed by atoms with E-state index in [4.69, 9.17) is 10.2 Å². The second kappa shape index (κ2) is 4.20. The van der Waals surface area contributed by atoms with Crippen LogP contribution in [-0.4, -0.2) is 9.78 Å². The first kappa shape index (κ1) is 11.9. The molecular formula is C14H14FN3O. The summed E-state index contributed by atoms with van der Waals surface area (Å²) in [6, 6.07) is 4.11. The van der Waals surface area contributed by atoms with Gasteiger partial charge in [0.15, 0.2) is 0 Å². The van der Waals surface area contributed by atoms with Crippen molar-refractivity contribution in [3.8, 4) is 0 Å². The van der Waals surface area contributed by atoms with Gasteiger partial charge in [-0.25, -0.2) is 4.39 Å². The van der Waals surface area contributed by atoms with Crippen LogP contribution in [0.3, 0.4) is 0 Å². The summed E-state index contributed by atoms with van der Waals surface area (Å²) in [7, 11) is 1.83. The van der Waals surface area contributed by atoms with E-state index in [9.17, 15) is 4.39 Å². The molecule has 0 spiro atoms. The maximum absolute atomic E-state index is 13.2. The average Bonchev–Trinajstić information content (AvgIpc) is 2.93. The zero-order valence-corrected chi connectivity index (χ0v) is 10.7. The Balaban J connectivity index is 2.12. The van der Waals surface area contributed by atoms with Gasteiger partial charge in [-0.2, -0.15) is 5.10 Å². The van der Waals surface area contributed by atoms with Crippen LogP contribution in [-0.2, 0) is 7.05 Å². The molecule has 0 saturated carbocycles. The number of aryl methyl sites for hydroxylation is 2. The van der Waals surface area contributed by atoms with Gasteiger partial charge in [0.05, 0.1) is 12.2 Å². The molecule has 0 aliphatic rings. The van der Waals surface area contributed by atoms with Crippen LogP contribution in [0.15, 0.2) is 35.0 Å². The zero-order chi connectivity index (χ0) is 13.6. The summed E-state index contributed by atoms with van der Waals surface area (Å²) in [6.07, 6.45) is 3.55. The quantitative estimate of drug-likeness (QED) is 0.769. The van der Waals surface area contributed by atoms with Gasteiger partial charge in [0.2, 0.25) is 0 Å². The molecule has 0 fully saturated rings. The smallest absolute Gasteiger partial charge is 0.137 e. The number of nitrogens with two attached hydrogens (primary N) is 1. The van der Waals surface area contributed by atoms with Gasteiger partial charge in [-0.15, -0.1) is 0 Å². The Morgan fingerprint density at radius 2 is 2.21 bits per heavy atom. The lowest BCUT2D eigenvalue weighted by atomic mass is 10.0. The highest BCUT2D eigenvalue weighted by Gasteiger charge is 2.19. The molecule has 0 saturated heterocycles. The predicted molar refractivity (Wildman–Crippen MR) is 70.1 cm³/mol. The van der Waals surface area contributed by atoms with Gasteiger partial charge in [0, 0.05) is 35.8 Å². The number of nitrogens with zero attached hydrogens (tertiary/aromatic N) is 2. The lowest BCUT2D eigenvalue weighted by molar-refractivity contribution is 0.518. The van der Waals surface area contributed by atoms with Crippen molar-refractivity contribution in [1.82, 2.24) is 9.78 Å². The minimum atomic E-state index is -0.399. The summed E-state index contributed by atoms with van der Waals surface area (Å²) in [4.78, 5) is 0. The monoisotopic (exact) mass is 259 g/mol. The molecule has 1 aromatic carbocycles. The predicted octanol–water partition coefficient (Wildman–Crippen LogP) is 2.66. The Morgan fingerprint density at radius 3 is 2.89 bits per heavy atom. The molecule has 0 amide bonds. The summed E-state index contributed by atoms with van der Waals surface area (Å²) in [5.41, 5.74) is 8.51. The van der Waals surface area contributed by atoms with E-state index in [1.54, 1.807) is 16.9 Å². The molecular weight excluding hydrogens is 245 g/mol. The van der Waals surface area contributed by atoms with Crippen LogP contribution < -0.4 is 5.73 Å². The maximum atomic E-state index is 13.2. The van der Waals surface area contributed by atoms with Crippen LogP contribution in [0.4, 0.5) is 4.39 Å². The lowest BCUT2D eigenvalue weighted by Crippen LogP contribution is -2.11. The molecule has 0 aliphatic carbocycles. The van der Waals surface area contributed by atoms with E-state index in [0.29, 0.717) is 11.3 Å². The number of rotatable bonds is 2. The van der Waals surface area contributed by atoms with Gasteiger partial charge in [-0.3, -0.25) is 4.68 Å². The van der Waals surface area contributed by atoms with E-state index in [1.165, 1.54) is 12.1 Å². The van der Waals surface area contributed by atoms with Crippen molar-refractivity contribution in [3.63, 3.8) is 0 Å². The average molecular weight is 259 g/mol. The van der Waals surface area contributed by atoms with Crippen LogP contribution in [0, 0.1) is 12.7 Å². The Kier molecular flexibility index (Phi) is 2.64. The summed E-state index contributed by atoms with van der Waals surface area (Å²) >= 11 is 0. The molecule has 2 heterocycles. The Bertz CT molecular complexity index is 744.